The molecule has 0 bridgehead atoms. The van der Waals surface area contributed by atoms with Crippen molar-refractivity contribution in [1.29, 1.82) is 0 Å². The summed E-state index contributed by atoms with van der Waals surface area (Å²) < 4.78 is 1.33. The molecule has 0 rings (SSSR count). The molecule has 0 amide bonds. The Kier molecular flexibility index (Phi) is 18.4. The van der Waals surface area contributed by atoms with Crippen LogP contribution in [0, 0.1) is 0 Å². The largest absolute Gasteiger partial charge is 0.0864 e. The highest BCUT2D eigenvalue weighted by atomic mass is 127. The second-order valence-corrected chi connectivity index (χ2v) is 6.38. The molecule has 0 aromatic carbocycles. The molecule has 0 saturated carbocycles. The van der Waals surface area contributed by atoms with Gasteiger partial charge in [-0.15, -0.1) is 0 Å². The van der Waals surface area contributed by atoms with Crippen LogP contribution in [0.3, 0.4) is 0 Å². The van der Waals surface area contributed by atoms with Gasteiger partial charge in [-0.2, -0.15) is 0 Å². The van der Waals surface area contributed by atoms with Crippen molar-refractivity contribution in [1.82, 2.24) is 0 Å². The van der Waals surface area contributed by atoms with Crippen LogP contribution in [-0.2, 0) is 0 Å². The van der Waals surface area contributed by atoms with Crippen LogP contribution < -0.4 is 0 Å². The number of hydrogen-bond acceptors (Lipinski definition) is 0. The first-order valence-corrected chi connectivity index (χ1v) is 9.82. The van der Waals surface area contributed by atoms with E-state index in [9.17, 15) is 0 Å². The maximum absolute atomic E-state index is 2.48. The quantitative estimate of drug-likeness (QED) is 0.130. The Morgan fingerprint density at radius 2 is 1.11 bits per heavy atom. The van der Waals surface area contributed by atoms with E-state index >= 15 is 0 Å². The van der Waals surface area contributed by atoms with Gasteiger partial charge in [-0.25, -0.2) is 0 Å². The number of alkyl halides is 1. The van der Waals surface area contributed by atoms with Gasteiger partial charge >= 0.3 is 0 Å². The molecule has 0 aromatic rings. The van der Waals surface area contributed by atoms with E-state index in [1.807, 2.05) is 0 Å². The number of halogens is 1. The molecule has 0 nitrogen and oxygen atoms in total. The molecule has 0 N–H and O–H groups in total. The normalized spacial score (nSPS) is 11.9. The highest BCUT2D eigenvalue weighted by Gasteiger charge is 1.91. The van der Waals surface area contributed by atoms with Gasteiger partial charge in [-0.05, 0) is 30.1 Å². The maximum atomic E-state index is 2.48. The van der Waals surface area contributed by atoms with Crippen LogP contribution in [0.25, 0.3) is 0 Å². The van der Waals surface area contributed by atoms with Crippen LogP contribution in [0.4, 0.5) is 0 Å². The van der Waals surface area contributed by atoms with Gasteiger partial charge in [-0.3, -0.25) is 0 Å². The van der Waals surface area contributed by atoms with E-state index in [0.717, 1.165) is 0 Å². The Labute approximate surface area is 135 Å². The molecule has 19 heavy (non-hydrogen) atoms. The summed E-state index contributed by atoms with van der Waals surface area (Å²) in [4.78, 5) is 0. The first kappa shape index (κ1) is 19.2. The fourth-order valence-electron chi connectivity index (χ4n) is 2.09. The van der Waals surface area contributed by atoms with Crippen LogP contribution in [0.2, 0.25) is 0 Å². The predicted molar refractivity (Wildman–Crippen MR) is 98.2 cm³/mol. The van der Waals surface area contributed by atoms with Crippen LogP contribution >= 0.6 is 22.6 Å². The van der Waals surface area contributed by atoms with Crippen molar-refractivity contribution >= 4 is 22.6 Å². The molecule has 0 fully saturated rings. The Balaban J connectivity index is 3.09. The van der Waals surface area contributed by atoms with Crippen molar-refractivity contribution in [3.8, 4) is 0 Å². The fraction of sp³-hybridized carbons (Fsp3) is 0.778. The van der Waals surface area contributed by atoms with E-state index in [4.69, 9.17) is 0 Å². The molecule has 0 aliphatic carbocycles. The van der Waals surface area contributed by atoms with Gasteiger partial charge in [0, 0.05) is 0 Å². The lowest BCUT2D eigenvalue weighted by Crippen LogP contribution is -1.81. The zero-order valence-electron chi connectivity index (χ0n) is 12.9. The summed E-state index contributed by atoms with van der Waals surface area (Å²) in [7, 11) is 0. The monoisotopic (exact) mass is 376 g/mol. The fourth-order valence-corrected chi connectivity index (χ4v) is 2.63. The Bertz CT molecular complexity index is 206. The van der Waals surface area contributed by atoms with Crippen molar-refractivity contribution in [2.75, 3.05) is 4.43 Å². The van der Waals surface area contributed by atoms with Gasteiger partial charge in [0.25, 0.3) is 0 Å². The number of hydrogen-bond donors (Lipinski definition) is 0. The number of allylic oxidation sites excluding steroid dienone is 4. The van der Waals surface area contributed by atoms with Gasteiger partial charge in [0.05, 0.1) is 0 Å². The Morgan fingerprint density at radius 1 is 0.632 bits per heavy atom. The summed E-state index contributed by atoms with van der Waals surface area (Å²) >= 11 is 2.48. The molecule has 0 atom stereocenters. The number of rotatable bonds is 14. The van der Waals surface area contributed by atoms with Crippen molar-refractivity contribution in [3.63, 3.8) is 0 Å². The zero-order valence-corrected chi connectivity index (χ0v) is 15.0. The first-order valence-electron chi connectivity index (χ1n) is 8.29. The van der Waals surface area contributed by atoms with Gasteiger partial charge in [0.1, 0.15) is 0 Å². The minimum Gasteiger partial charge on any atom is -0.0864 e. The van der Waals surface area contributed by atoms with Gasteiger partial charge in [0.2, 0.25) is 0 Å². The second kappa shape index (κ2) is 18.2. The topological polar surface area (TPSA) is 0 Å². The summed E-state index contributed by atoms with van der Waals surface area (Å²) in [6, 6.07) is 0. The van der Waals surface area contributed by atoms with E-state index in [1.54, 1.807) is 0 Å². The summed E-state index contributed by atoms with van der Waals surface area (Å²) in [5.74, 6) is 0. The minimum absolute atomic E-state index is 1.23. The van der Waals surface area contributed by atoms with Crippen LogP contribution in [0.15, 0.2) is 24.3 Å². The molecule has 0 spiro atoms. The third kappa shape index (κ3) is 18.2. The molecule has 0 unspecified atom stereocenters. The highest BCUT2D eigenvalue weighted by molar-refractivity contribution is 14.1. The van der Waals surface area contributed by atoms with Gasteiger partial charge < -0.3 is 0 Å². The first-order chi connectivity index (χ1) is 9.41. The molecule has 0 heterocycles. The van der Waals surface area contributed by atoms with Crippen molar-refractivity contribution in [2.24, 2.45) is 0 Å². The van der Waals surface area contributed by atoms with Crippen LogP contribution in [0.5, 0.6) is 0 Å². The smallest absolute Gasteiger partial charge is 0.000473 e. The molecular formula is C18H33I. The summed E-state index contributed by atoms with van der Waals surface area (Å²) in [5.41, 5.74) is 0. The SMILES string of the molecule is CCCC/C=C/C=C/CCCCCCCCCCI. The van der Waals surface area contributed by atoms with Crippen molar-refractivity contribution < 1.29 is 0 Å². The summed E-state index contributed by atoms with van der Waals surface area (Å²) in [6.45, 7) is 2.24. The van der Waals surface area contributed by atoms with E-state index in [-0.39, 0.29) is 0 Å². The van der Waals surface area contributed by atoms with E-state index in [2.05, 4.69) is 53.8 Å². The molecule has 0 radical (unpaired) electrons. The lowest BCUT2D eigenvalue weighted by atomic mass is 10.1. The summed E-state index contributed by atoms with van der Waals surface area (Å²) in [6.07, 6.45) is 25.6. The van der Waals surface area contributed by atoms with Crippen LogP contribution in [0.1, 0.15) is 84.0 Å². The molecular weight excluding hydrogens is 343 g/mol. The van der Waals surface area contributed by atoms with Crippen molar-refractivity contribution in [2.45, 2.75) is 84.0 Å². The van der Waals surface area contributed by atoms with E-state index in [1.165, 1.54) is 81.5 Å². The van der Waals surface area contributed by atoms with E-state index in [0.29, 0.717) is 0 Å². The molecule has 0 aliphatic heterocycles. The molecule has 0 saturated heterocycles. The standard InChI is InChI=1S/C18H33I/c1-2-3-4-5-6-7-8-9-10-11-12-13-14-15-16-17-18-19/h5-8H,2-4,9-18H2,1H3/b6-5+,8-7+. The minimum atomic E-state index is 1.23. The third-order valence-corrected chi connectivity index (χ3v) is 4.12. The Hall–Kier alpha value is 0.210. The molecule has 112 valence electrons. The Morgan fingerprint density at radius 3 is 1.63 bits per heavy atom. The average molecular weight is 376 g/mol. The highest BCUT2D eigenvalue weighted by Crippen LogP contribution is 2.10. The average Bonchev–Trinajstić information content (AvgIpc) is 2.43. The predicted octanol–water partition coefficient (Wildman–Crippen LogP) is 7.23. The lowest BCUT2D eigenvalue weighted by molar-refractivity contribution is 0.579. The lowest BCUT2D eigenvalue weighted by Gasteiger charge is -2.00. The third-order valence-electron chi connectivity index (χ3n) is 3.36. The van der Waals surface area contributed by atoms with Gasteiger partial charge in [0.15, 0.2) is 0 Å². The zero-order chi connectivity index (χ0) is 14.0. The molecule has 0 aliphatic rings. The van der Waals surface area contributed by atoms with Gasteiger partial charge in [-0.1, -0.05) is 105 Å². The molecule has 0 aromatic heterocycles. The maximum Gasteiger partial charge on any atom is -0.000473 e. The van der Waals surface area contributed by atoms with E-state index < -0.39 is 0 Å². The van der Waals surface area contributed by atoms with Crippen molar-refractivity contribution in [3.05, 3.63) is 24.3 Å². The summed E-state index contributed by atoms with van der Waals surface area (Å²) in [5, 5.41) is 0. The second-order valence-electron chi connectivity index (χ2n) is 5.30. The number of unbranched alkanes of at least 4 members (excludes halogenated alkanes) is 10. The molecule has 1 heteroatoms. The van der Waals surface area contributed by atoms with Crippen LogP contribution in [-0.4, -0.2) is 4.43 Å².